The Labute approximate surface area is 148 Å². The zero-order valence-electron chi connectivity index (χ0n) is 12.0. The average molecular weight is 392 g/mol. The Balaban J connectivity index is 2.61. The third-order valence-corrected chi connectivity index (χ3v) is 5.50. The number of benzene rings is 2. The molecule has 0 fully saturated rings. The summed E-state index contributed by atoms with van der Waals surface area (Å²) < 4.78 is 40.0. The number of rotatable bonds is 5. The smallest absolute Gasteiger partial charge is 0.266 e. The fourth-order valence-electron chi connectivity index (χ4n) is 1.92. The molecule has 0 heterocycles. The molecule has 128 valence electrons. The number of hydrogen-bond acceptors (Lipinski definition) is 4. The van der Waals surface area contributed by atoms with Crippen LogP contribution in [0.4, 0.5) is 10.1 Å². The average Bonchev–Trinajstić information content (AvgIpc) is 2.54. The summed E-state index contributed by atoms with van der Waals surface area (Å²) in [6, 6.07) is 8.64. The highest BCUT2D eigenvalue weighted by Crippen LogP contribution is 2.30. The highest BCUT2D eigenvalue weighted by molar-refractivity contribution is 7.93. The molecule has 0 aliphatic carbocycles. The van der Waals surface area contributed by atoms with Crippen molar-refractivity contribution in [3.05, 3.63) is 58.3 Å². The van der Waals surface area contributed by atoms with Crippen molar-refractivity contribution in [3.63, 3.8) is 0 Å². The molecule has 0 aliphatic heterocycles. The molecule has 0 aromatic heterocycles. The van der Waals surface area contributed by atoms with Crippen LogP contribution < -0.4 is 15.6 Å². The van der Waals surface area contributed by atoms with E-state index in [-0.39, 0.29) is 20.6 Å². The Morgan fingerprint density at radius 3 is 2.54 bits per heavy atom. The van der Waals surface area contributed by atoms with E-state index in [1.807, 2.05) is 5.43 Å². The highest BCUT2D eigenvalue weighted by atomic mass is 35.5. The minimum Gasteiger partial charge on any atom is -0.293 e. The molecule has 0 saturated heterocycles. The fourth-order valence-corrected chi connectivity index (χ4v) is 4.07. The first kappa shape index (κ1) is 18.5. The van der Waals surface area contributed by atoms with Crippen LogP contribution >= 0.6 is 23.2 Å². The molecule has 0 saturated carbocycles. The van der Waals surface area contributed by atoms with Gasteiger partial charge in [-0.2, -0.15) is 0 Å². The van der Waals surface area contributed by atoms with Gasteiger partial charge in [-0.3, -0.25) is 14.5 Å². The van der Waals surface area contributed by atoms with Crippen LogP contribution in [0.15, 0.2) is 47.4 Å². The van der Waals surface area contributed by atoms with Gasteiger partial charge in [-0.1, -0.05) is 29.3 Å². The summed E-state index contributed by atoms with van der Waals surface area (Å²) in [5, 5.41) is 0.0504. The summed E-state index contributed by atoms with van der Waals surface area (Å²) in [7, 11) is -4.30. The normalized spacial score (nSPS) is 11.2. The Morgan fingerprint density at radius 2 is 1.92 bits per heavy atom. The Kier molecular flexibility index (Phi) is 5.66. The van der Waals surface area contributed by atoms with Crippen molar-refractivity contribution in [2.75, 3.05) is 10.8 Å². The van der Waals surface area contributed by atoms with Gasteiger partial charge in [-0.05, 0) is 36.4 Å². The van der Waals surface area contributed by atoms with Crippen LogP contribution in [0.2, 0.25) is 10.0 Å². The van der Waals surface area contributed by atoms with Crippen molar-refractivity contribution >= 4 is 44.8 Å². The minimum absolute atomic E-state index is 0.0605. The predicted molar refractivity (Wildman–Crippen MR) is 89.7 cm³/mol. The van der Waals surface area contributed by atoms with Gasteiger partial charge in [0.1, 0.15) is 17.3 Å². The van der Waals surface area contributed by atoms with Gasteiger partial charge >= 0.3 is 0 Å². The molecule has 0 bridgehead atoms. The molecule has 2 rings (SSSR count). The standard InChI is InChI=1S/C14H12Cl2FN3O3S/c15-9-4-5-12(16)13(6-9)24(22,23)20(8-14(21)19-18)11-3-1-2-10(17)7-11/h1-7H,8,18H2,(H,19,21). The van der Waals surface area contributed by atoms with Crippen molar-refractivity contribution < 1.29 is 17.6 Å². The number of nitrogens with zero attached hydrogens (tertiary/aromatic N) is 1. The summed E-state index contributed by atoms with van der Waals surface area (Å²) >= 11 is 11.8. The Bertz CT molecular complexity index is 877. The Hall–Kier alpha value is -1.87. The number of nitrogens with two attached hydrogens (primary N) is 1. The zero-order valence-corrected chi connectivity index (χ0v) is 14.4. The van der Waals surface area contributed by atoms with E-state index in [0.29, 0.717) is 4.31 Å². The van der Waals surface area contributed by atoms with Crippen molar-refractivity contribution in [2.24, 2.45) is 5.84 Å². The number of sulfonamides is 1. The third kappa shape index (κ3) is 3.96. The first-order valence-corrected chi connectivity index (χ1v) is 8.68. The van der Waals surface area contributed by atoms with Crippen LogP contribution in [0.3, 0.4) is 0 Å². The molecule has 3 N–H and O–H groups in total. The molecule has 6 nitrogen and oxygen atoms in total. The van der Waals surface area contributed by atoms with E-state index < -0.39 is 28.3 Å². The number of nitrogens with one attached hydrogen (secondary N) is 1. The van der Waals surface area contributed by atoms with Gasteiger partial charge in [-0.25, -0.2) is 18.7 Å². The lowest BCUT2D eigenvalue weighted by Crippen LogP contribution is -2.43. The summed E-state index contributed by atoms with van der Waals surface area (Å²) in [5.74, 6) is 3.56. The van der Waals surface area contributed by atoms with Crippen LogP contribution in [0, 0.1) is 5.82 Å². The summed E-state index contributed by atoms with van der Waals surface area (Å²) in [5.41, 5.74) is 1.77. The largest absolute Gasteiger partial charge is 0.293 e. The summed E-state index contributed by atoms with van der Waals surface area (Å²) in [6.45, 7) is -0.662. The van der Waals surface area contributed by atoms with E-state index in [1.54, 1.807) is 0 Å². The number of hydrogen-bond donors (Lipinski definition) is 2. The number of halogens is 3. The van der Waals surface area contributed by atoms with Crippen LogP contribution in [0.5, 0.6) is 0 Å². The van der Waals surface area contributed by atoms with Crippen molar-refractivity contribution in [3.8, 4) is 0 Å². The molecule has 0 aliphatic rings. The lowest BCUT2D eigenvalue weighted by Gasteiger charge is -2.24. The maximum Gasteiger partial charge on any atom is 0.266 e. The van der Waals surface area contributed by atoms with E-state index in [4.69, 9.17) is 29.0 Å². The van der Waals surface area contributed by atoms with Gasteiger partial charge < -0.3 is 0 Å². The van der Waals surface area contributed by atoms with Crippen LogP contribution in [-0.4, -0.2) is 20.9 Å². The molecule has 24 heavy (non-hydrogen) atoms. The number of hydrazine groups is 1. The molecule has 1 amide bonds. The van der Waals surface area contributed by atoms with Crippen LogP contribution in [-0.2, 0) is 14.8 Å². The number of anilines is 1. The van der Waals surface area contributed by atoms with E-state index in [9.17, 15) is 17.6 Å². The predicted octanol–water partition coefficient (Wildman–Crippen LogP) is 2.32. The van der Waals surface area contributed by atoms with Gasteiger partial charge in [-0.15, -0.1) is 0 Å². The number of carbonyl (C=O) groups is 1. The molecule has 2 aromatic carbocycles. The molecule has 2 aromatic rings. The topological polar surface area (TPSA) is 92.5 Å². The number of carbonyl (C=O) groups excluding carboxylic acids is 1. The molecule has 0 atom stereocenters. The molecular formula is C14H12Cl2FN3O3S. The van der Waals surface area contributed by atoms with E-state index in [2.05, 4.69) is 0 Å². The van der Waals surface area contributed by atoms with Crippen molar-refractivity contribution in [2.45, 2.75) is 4.90 Å². The quantitative estimate of drug-likeness (QED) is 0.464. The van der Waals surface area contributed by atoms with E-state index in [1.165, 1.54) is 24.3 Å². The van der Waals surface area contributed by atoms with Crippen molar-refractivity contribution in [1.82, 2.24) is 5.43 Å². The molecule has 0 spiro atoms. The van der Waals surface area contributed by atoms with E-state index >= 15 is 0 Å². The van der Waals surface area contributed by atoms with Gasteiger partial charge in [0.25, 0.3) is 15.9 Å². The molecule has 10 heteroatoms. The second-order valence-electron chi connectivity index (χ2n) is 4.63. The highest BCUT2D eigenvalue weighted by Gasteiger charge is 2.29. The first-order valence-electron chi connectivity index (χ1n) is 6.48. The lowest BCUT2D eigenvalue weighted by atomic mass is 10.3. The molecular weight excluding hydrogens is 380 g/mol. The van der Waals surface area contributed by atoms with E-state index in [0.717, 1.165) is 18.2 Å². The van der Waals surface area contributed by atoms with Gasteiger partial charge in [0, 0.05) is 5.02 Å². The monoisotopic (exact) mass is 391 g/mol. The molecule has 0 unspecified atom stereocenters. The second kappa shape index (κ2) is 7.35. The van der Waals surface area contributed by atoms with Gasteiger partial charge in [0.2, 0.25) is 0 Å². The maximum atomic E-state index is 13.5. The van der Waals surface area contributed by atoms with Crippen LogP contribution in [0.25, 0.3) is 0 Å². The van der Waals surface area contributed by atoms with Crippen molar-refractivity contribution in [1.29, 1.82) is 0 Å². The number of amides is 1. The summed E-state index contributed by atoms with van der Waals surface area (Å²) in [6.07, 6.45) is 0. The van der Waals surface area contributed by atoms with Crippen LogP contribution in [0.1, 0.15) is 0 Å². The maximum absolute atomic E-state index is 13.5. The first-order chi connectivity index (χ1) is 11.3. The second-order valence-corrected chi connectivity index (χ2v) is 7.31. The third-order valence-electron chi connectivity index (χ3n) is 3.01. The summed E-state index contributed by atoms with van der Waals surface area (Å²) in [4.78, 5) is 11.3. The minimum atomic E-state index is -4.30. The fraction of sp³-hybridized carbons (Fsp3) is 0.0714. The Morgan fingerprint density at radius 1 is 1.21 bits per heavy atom. The molecule has 0 radical (unpaired) electrons. The van der Waals surface area contributed by atoms with Gasteiger partial charge in [0.15, 0.2) is 0 Å². The zero-order chi connectivity index (χ0) is 17.9. The SMILES string of the molecule is NNC(=O)CN(c1cccc(F)c1)S(=O)(=O)c1cc(Cl)ccc1Cl. The van der Waals surface area contributed by atoms with Gasteiger partial charge in [0.05, 0.1) is 10.7 Å². The lowest BCUT2D eigenvalue weighted by molar-refractivity contribution is -0.119.